The molecular formula is C70H55N. The van der Waals surface area contributed by atoms with E-state index in [1.165, 1.54) is 122 Å². The molecule has 6 aliphatic carbocycles. The fraction of sp³-hybridized carbons (Fsp3) is 0.171. The molecule has 71 heavy (non-hydrogen) atoms. The van der Waals surface area contributed by atoms with E-state index in [-0.39, 0.29) is 5.41 Å². The zero-order chi connectivity index (χ0) is 46.7. The highest BCUT2D eigenvalue weighted by molar-refractivity contribution is 6.02. The lowest BCUT2D eigenvalue weighted by atomic mass is 9.48. The quantitative estimate of drug-likeness (QED) is 0.147. The van der Waals surface area contributed by atoms with E-state index >= 15 is 0 Å². The molecule has 0 amide bonds. The van der Waals surface area contributed by atoms with Gasteiger partial charge in [0, 0.05) is 16.8 Å². The Kier molecular flexibility index (Phi) is 9.04. The van der Waals surface area contributed by atoms with E-state index in [2.05, 4.69) is 248 Å². The predicted molar refractivity (Wildman–Crippen MR) is 293 cm³/mol. The first-order chi connectivity index (χ1) is 35.1. The standard InChI is InChI=1S/C70H55N/c1-5-19-50(20-6-1)69(51-21-7-2-8-22-51)63-31-15-13-27-56(63)59-37-35-54(42-65(59)69)71(67-34-18-29-58-61(67)30-17-33-62(58)68-44-47-39-48(45-68)41-49(40-47)46-68)55-36-38-60-57-28-14-16-32-64(57)70(66(60)43-55,52-23-9-3-10-24-52)53-25-11-4-12-26-53/h1-38,42-43,47-49H,39-41,44-46H2. The molecule has 4 fully saturated rings. The third-order valence-corrected chi connectivity index (χ3v) is 18.1. The lowest BCUT2D eigenvalue weighted by Gasteiger charge is -2.57. The van der Waals surface area contributed by atoms with Crippen molar-refractivity contribution in [2.45, 2.75) is 54.8 Å². The van der Waals surface area contributed by atoms with Gasteiger partial charge < -0.3 is 4.90 Å². The van der Waals surface area contributed by atoms with Crippen LogP contribution >= 0.6 is 0 Å². The van der Waals surface area contributed by atoms with Gasteiger partial charge in [0.05, 0.1) is 16.5 Å². The predicted octanol–water partition coefficient (Wildman–Crippen LogP) is 17.5. The minimum Gasteiger partial charge on any atom is -0.310 e. The molecule has 0 spiro atoms. The van der Waals surface area contributed by atoms with Crippen molar-refractivity contribution in [1.82, 2.24) is 0 Å². The molecule has 0 atom stereocenters. The summed E-state index contributed by atoms with van der Waals surface area (Å²) in [6, 6.07) is 92.6. The Morgan fingerprint density at radius 2 is 0.662 bits per heavy atom. The van der Waals surface area contributed by atoms with Gasteiger partial charge in [-0.25, -0.2) is 0 Å². The van der Waals surface area contributed by atoms with Crippen molar-refractivity contribution in [2.24, 2.45) is 17.8 Å². The van der Waals surface area contributed by atoms with Gasteiger partial charge in [-0.05, 0) is 170 Å². The van der Waals surface area contributed by atoms with Gasteiger partial charge in [-0.3, -0.25) is 0 Å². The number of nitrogens with zero attached hydrogens (tertiary/aromatic N) is 1. The number of fused-ring (bicyclic) bond motifs is 7. The second kappa shape index (κ2) is 15.6. The van der Waals surface area contributed by atoms with Crippen LogP contribution in [-0.4, -0.2) is 0 Å². The summed E-state index contributed by atoms with van der Waals surface area (Å²) in [4.78, 5) is 2.62. The van der Waals surface area contributed by atoms with E-state index in [4.69, 9.17) is 0 Å². The lowest BCUT2D eigenvalue weighted by Crippen LogP contribution is -2.48. The van der Waals surface area contributed by atoms with Crippen LogP contribution < -0.4 is 4.90 Å². The largest absolute Gasteiger partial charge is 0.310 e. The van der Waals surface area contributed by atoms with Crippen LogP contribution in [0.1, 0.15) is 88.6 Å². The first-order valence-corrected chi connectivity index (χ1v) is 26.2. The maximum Gasteiger partial charge on any atom is 0.0714 e. The topological polar surface area (TPSA) is 3.24 Å². The summed E-state index contributed by atoms with van der Waals surface area (Å²) in [6.45, 7) is 0. The molecule has 0 aromatic heterocycles. The number of hydrogen-bond donors (Lipinski definition) is 0. The Hall–Kier alpha value is -7.74. The van der Waals surface area contributed by atoms with Crippen LogP contribution in [0.25, 0.3) is 33.0 Å². The normalized spacial score (nSPS) is 21.3. The molecule has 10 aromatic carbocycles. The molecule has 0 saturated heterocycles. The highest BCUT2D eigenvalue weighted by Gasteiger charge is 2.53. The summed E-state index contributed by atoms with van der Waals surface area (Å²) in [5.41, 5.74) is 19.8. The molecule has 4 bridgehead atoms. The molecule has 1 nitrogen and oxygen atoms in total. The van der Waals surface area contributed by atoms with Gasteiger partial charge in [0.25, 0.3) is 0 Å². The molecule has 10 aromatic rings. The minimum atomic E-state index is -0.532. The van der Waals surface area contributed by atoms with Crippen LogP contribution in [0.4, 0.5) is 17.1 Å². The third-order valence-electron chi connectivity index (χ3n) is 18.1. The second-order valence-electron chi connectivity index (χ2n) is 21.7. The number of benzene rings is 10. The van der Waals surface area contributed by atoms with Crippen LogP contribution in [0.3, 0.4) is 0 Å². The van der Waals surface area contributed by atoms with Gasteiger partial charge in [-0.2, -0.15) is 0 Å². The zero-order valence-corrected chi connectivity index (χ0v) is 40.0. The van der Waals surface area contributed by atoms with Crippen LogP contribution in [0.2, 0.25) is 0 Å². The number of hydrogen-bond acceptors (Lipinski definition) is 1. The van der Waals surface area contributed by atoms with Crippen molar-refractivity contribution in [3.05, 3.63) is 293 Å². The fourth-order valence-electron chi connectivity index (χ4n) is 16.0. The van der Waals surface area contributed by atoms with Gasteiger partial charge in [-0.15, -0.1) is 0 Å². The average molecular weight is 910 g/mol. The molecular weight excluding hydrogens is 855 g/mol. The second-order valence-corrected chi connectivity index (χ2v) is 21.7. The molecule has 0 radical (unpaired) electrons. The van der Waals surface area contributed by atoms with Crippen molar-refractivity contribution in [3.63, 3.8) is 0 Å². The van der Waals surface area contributed by atoms with Gasteiger partial charge in [0.2, 0.25) is 0 Å². The molecule has 0 N–H and O–H groups in total. The van der Waals surface area contributed by atoms with Gasteiger partial charge in [0.1, 0.15) is 0 Å². The maximum atomic E-state index is 2.62. The Balaban J connectivity index is 1.02. The Morgan fingerprint density at radius 1 is 0.296 bits per heavy atom. The van der Waals surface area contributed by atoms with Gasteiger partial charge in [0.15, 0.2) is 0 Å². The Morgan fingerprint density at radius 3 is 1.11 bits per heavy atom. The summed E-state index contributed by atoms with van der Waals surface area (Å²) in [5, 5.41) is 2.74. The highest BCUT2D eigenvalue weighted by atomic mass is 15.1. The first kappa shape index (κ1) is 41.1. The molecule has 16 rings (SSSR count). The molecule has 1 heteroatoms. The molecule has 340 valence electrons. The molecule has 0 aliphatic heterocycles. The van der Waals surface area contributed by atoms with E-state index in [9.17, 15) is 0 Å². The van der Waals surface area contributed by atoms with E-state index < -0.39 is 10.8 Å². The van der Waals surface area contributed by atoms with Crippen molar-refractivity contribution >= 4 is 27.8 Å². The fourth-order valence-corrected chi connectivity index (χ4v) is 16.0. The lowest BCUT2D eigenvalue weighted by molar-refractivity contribution is -0.00449. The number of rotatable bonds is 8. The van der Waals surface area contributed by atoms with Crippen LogP contribution in [-0.2, 0) is 16.2 Å². The summed E-state index contributed by atoms with van der Waals surface area (Å²) in [5.74, 6) is 2.60. The molecule has 4 saturated carbocycles. The third kappa shape index (κ3) is 5.81. The minimum absolute atomic E-state index is 0.256. The van der Waals surface area contributed by atoms with E-state index in [1.807, 2.05) is 0 Å². The van der Waals surface area contributed by atoms with Gasteiger partial charge in [-0.1, -0.05) is 212 Å². The highest BCUT2D eigenvalue weighted by Crippen LogP contribution is 2.63. The van der Waals surface area contributed by atoms with Crippen molar-refractivity contribution in [2.75, 3.05) is 4.90 Å². The SMILES string of the molecule is c1ccc(C2(c3ccccc3)c3ccccc3-c3ccc(N(c4ccc5c(c4)C(c4ccccc4)(c4ccccc4)c4ccccc4-5)c4cccc5c(C67CC8CC(CC(C8)C6)C7)cccc45)cc32)cc1. The number of anilines is 3. The molecule has 0 unspecified atom stereocenters. The van der Waals surface area contributed by atoms with Gasteiger partial charge >= 0.3 is 0 Å². The summed E-state index contributed by atoms with van der Waals surface area (Å²) >= 11 is 0. The average Bonchev–Trinajstić information content (AvgIpc) is 3.89. The van der Waals surface area contributed by atoms with E-state index in [0.29, 0.717) is 0 Å². The van der Waals surface area contributed by atoms with Crippen molar-refractivity contribution in [3.8, 4) is 22.3 Å². The Bertz CT molecular complexity index is 3390. The molecule has 0 heterocycles. The summed E-state index contributed by atoms with van der Waals surface area (Å²) in [6.07, 6.45) is 8.33. The monoisotopic (exact) mass is 909 g/mol. The smallest absolute Gasteiger partial charge is 0.0714 e. The van der Waals surface area contributed by atoms with Crippen LogP contribution in [0.15, 0.2) is 243 Å². The summed E-state index contributed by atoms with van der Waals surface area (Å²) < 4.78 is 0. The summed E-state index contributed by atoms with van der Waals surface area (Å²) in [7, 11) is 0. The Labute approximate surface area is 418 Å². The van der Waals surface area contributed by atoms with Crippen molar-refractivity contribution in [1.29, 1.82) is 0 Å². The van der Waals surface area contributed by atoms with Crippen LogP contribution in [0.5, 0.6) is 0 Å². The van der Waals surface area contributed by atoms with E-state index in [0.717, 1.165) is 29.1 Å². The van der Waals surface area contributed by atoms with Crippen molar-refractivity contribution < 1.29 is 0 Å². The first-order valence-electron chi connectivity index (χ1n) is 26.2. The molecule has 6 aliphatic rings. The maximum absolute atomic E-state index is 2.62. The van der Waals surface area contributed by atoms with Crippen LogP contribution in [0, 0.1) is 17.8 Å². The zero-order valence-electron chi connectivity index (χ0n) is 40.0. The van der Waals surface area contributed by atoms with E-state index in [1.54, 1.807) is 5.56 Å².